The van der Waals surface area contributed by atoms with Crippen molar-refractivity contribution in [3.05, 3.63) is 18.0 Å². The lowest BCUT2D eigenvalue weighted by Gasteiger charge is -2.37. The molecule has 0 spiro atoms. The summed E-state index contributed by atoms with van der Waals surface area (Å²) in [6.07, 6.45) is 3.20. The van der Waals surface area contributed by atoms with Crippen LogP contribution in [0.15, 0.2) is 12.3 Å². The number of hydrogen-bond donors (Lipinski definition) is 1. The molecular formula is C15H28N4O. The van der Waals surface area contributed by atoms with Gasteiger partial charge >= 0.3 is 0 Å². The SMILES string of the molecule is CCCn1nccc1C(NCC)C1CN(CC)CCO1. The van der Waals surface area contributed by atoms with E-state index in [9.17, 15) is 0 Å². The molecule has 20 heavy (non-hydrogen) atoms. The van der Waals surface area contributed by atoms with E-state index in [2.05, 4.69) is 46.8 Å². The average molecular weight is 280 g/mol. The predicted molar refractivity (Wildman–Crippen MR) is 80.8 cm³/mol. The largest absolute Gasteiger partial charge is 0.374 e. The first-order valence-corrected chi connectivity index (χ1v) is 7.89. The van der Waals surface area contributed by atoms with Crippen molar-refractivity contribution in [2.75, 3.05) is 32.8 Å². The molecule has 1 N–H and O–H groups in total. The van der Waals surface area contributed by atoms with Crippen LogP contribution in [0.3, 0.4) is 0 Å². The molecule has 0 bridgehead atoms. The fourth-order valence-electron chi connectivity index (χ4n) is 2.87. The van der Waals surface area contributed by atoms with Crippen molar-refractivity contribution in [2.24, 2.45) is 0 Å². The van der Waals surface area contributed by atoms with E-state index in [0.717, 1.165) is 45.8 Å². The maximum absolute atomic E-state index is 6.04. The summed E-state index contributed by atoms with van der Waals surface area (Å²) in [5.74, 6) is 0. The molecule has 5 nitrogen and oxygen atoms in total. The molecule has 2 heterocycles. The molecule has 0 saturated carbocycles. The first kappa shape index (κ1) is 15.5. The number of ether oxygens (including phenoxy) is 1. The van der Waals surface area contributed by atoms with Gasteiger partial charge in [0.05, 0.1) is 24.4 Å². The van der Waals surface area contributed by atoms with Crippen molar-refractivity contribution < 1.29 is 4.74 Å². The Balaban J connectivity index is 2.14. The molecule has 0 amide bonds. The minimum Gasteiger partial charge on any atom is -0.374 e. The van der Waals surface area contributed by atoms with Gasteiger partial charge in [0.25, 0.3) is 0 Å². The number of morpholine rings is 1. The molecule has 1 fully saturated rings. The van der Waals surface area contributed by atoms with Gasteiger partial charge in [0.15, 0.2) is 0 Å². The van der Waals surface area contributed by atoms with Crippen molar-refractivity contribution in [2.45, 2.75) is 45.9 Å². The molecule has 1 aromatic heterocycles. The third-order valence-corrected chi connectivity index (χ3v) is 3.92. The molecule has 2 atom stereocenters. The number of nitrogens with zero attached hydrogens (tertiary/aromatic N) is 3. The molecule has 1 saturated heterocycles. The first-order chi connectivity index (χ1) is 9.80. The predicted octanol–water partition coefficient (Wildman–Crippen LogP) is 1.66. The zero-order chi connectivity index (χ0) is 14.4. The van der Waals surface area contributed by atoms with Crippen LogP contribution in [-0.4, -0.2) is 53.6 Å². The Bertz CT molecular complexity index is 393. The molecule has 2 rings (SSSR count). The molecule has 2 unspecified atom stereocenters. The van der Waals surface area contributed by atoms with Gasteiger partial charge in [-0.3, -0.25) is 9.58 Å². The van der Waals surface area contributed by atoms with E-state index in [1.807, 2.05) is 6.20 Å². The van der Waals surface area contributed by atoms with Gasteiger partial charge in [-0.1, -0.05) is 20.8 Å². The first-order valence-electron chi connectivity index (χ1n) is 7.89. The molecule has 5 heteroatoms. The van der Waals surface area contributed by atoms with Gasteiger partial charge < -0.3 is 10.1 Å². The summed E-state index contributed by atoms with van der Waals surface area (Å²) in [6.45, 7) is 12.4. The maximum atomic E-state index is 6.04. The second kappa shape index (κ2) is 7.76. The normalized spacial score (nSPS) is 22.1. The van der Waals surface area contributed by atoms with E-state index < -0.39 is 0 Å². The summed E-state index contributed by atoms with van der Waals surface area (Å²) in [6, 6.07) is 2.35. The van der Waals surface area contributed by atoms with Crippen LogP contribution in [0, 0.1) is 0 Å². The van der Waals surface area contributed by atoms with Gasteiger partial charge in [-0.15, -0.1) is 0 Å². The van der Waals surface area contributed by atoms with Gasteiger partial charge in [-0.05, 0) is 25.6 Å². The van der Waals surface area contributed by atoms with Crippen molar-refractivity contribution in [1.29, 1.82) is 0 Å². The minimum absolute atomic E-state index is 0.205. The highest BCUT2D eigenvalue weighted by atomic mass is 16.5. The van der Waals surface area contributed by atoms with E-state index in [1.165, 1.54) is 5.69 Å². The van der Waals surface area contributed by atoms with Crippen molar-refractivity contribution in [3.63, 3.8) is 0 Å². The van der Waals surface area contributed by atoms with Crippen LogP contribution in [0.25, 0.3) is 0 Å². The molecule has 114 valence electrons. The molecule has 1 aliphatic heterocycles. The van der Waals surface area contributed by atoms with Crippen molar-refractivity contribution >= 4 is 0 Å². The zero-order valence-electron chi connectivity index (χ0n) is 13.0. The Kier molecular flexibility index (Phi) is 6.01. The third kappa shape index (κ3) is 3.59. The standard InChI is InChI=1S/C15H28N4O/c1-4-9-19-13(7-8-17-19)15(16-5-2)14-12-18(6-3)10-11-20-14/h7-8,14-16H,4-6,9-12H2,1-3H3. The van der Waals surface area contributed by atoms with Crippen LogP contribution in [0.2, 0.25) is 0 Å². The second-order valence-corrected chi connectivity index (χ2v) is 5.32. The van der Waals surface area contributed by atoms with Crippen LogP contribution in [0.4, 0.5) is 0 Å². The lowest BCUT2D eigenvalue weighted by atomic mass is 10.1. The number of rotatable bonds is 7. The van der Waals surface area contributed by atoms with Crippen LogP contribution in [-0.2, 0) is 11.3 Å². The maximum Gasteiger partial charge on any atom is 0.0912 e. The Morgan fingerprint density at radius 2 is 2.30 bits per heavy atom. The van der Waals surface area contributed by atoms with E-state index >= 15 is 0 Å². The Labute approximate surface area is 122 Å². The summed E-state index contributed by atoms with van der Waals surface area (Å²) in [5.41, 5.74) is 1.25. The number of aryl methyl sites for hydroxylation is 1. The molecule has 1 aromatic rings. The minimum atomic E-state index is 0.205. The van der Waals surface area contributed by atoms with Crippen LogP contribution >= 0.6 is 0 Å². The smallest absolute Gasteiger partial charge is 0.0912 e. The zero-order valence-corrected chi connectivity index (χ0v) is 13.0. The molecule has 0 aromatic carbocycles. The third-order valence-electron chi connectivity index (χ3n) is 3.92. The molecular weight excluding hydrogens is 252 g/mol. The molecule has 1 aliphatic rings. The summed E-state index contributed by atoms with van der Waals surface area (Å²) in [5, 5.41) is 8.04. The van der Waals surface area contributed by atoms with E-state index in [0.29, 0.717) is 0 Å². The number of hydrogen-bond acceptors (Lipinski definition) is 4. The highest BCUT2D eigenvalue weighted by molar-refractivity contribution is 5.10. The van der Waals surface area contributed by atoms with Crippen LogP contribution < -0.4 is 5.32 Å². The van der Waals surface area contributed by atoms with E-state index in [4.69, 9.17) is 4.74 Å². The van der Waals surface area contributed by atoms with Crippen molar-refractivity contribution in [3.8, 4) is 0 Å². The second-order valence-electron chi connectivity index (χ2n) is 5.32. The monoisotopic (exact) mass is 280 g/mol. The molecule has 0 radical (unpaired) electrons. The Hall–Kier alpha value is -0.910. The van der Waals surface area contributed by atoms with Gasteiger partial charge in [-0.2, -0.15) is 5.10 Å². The van der Waals surface area contributed by atoms with Gasteiger partial charge in [0.2, 0.25) is 0 Å². The van der Waals surface area contributed by atoms with E-state index in [1.54, 1.807) is 0 Å². The summed E-state index contributed by atoms with van der Waals surface area (Å²) >= 11 is 0. The van der Waals surface area contributed by atoms with Gasteiger partial charge in [0.1, 0.15) is 0 Å². The van der Waals surface area contributed by atoms with Crippen LogP contribution in [0.1, 0.15) is 38.9 Å². The highest BCUT2D eigenvalue weighted by Crippen LogP contribution is 2.22. The fourth-order valence-corrected chi connectivity index (χ4v) is 2.87. The lowest BCUT2D eigenvalue weighted by molar-refractivity contribution is -0.0467. The van der Waals surface area contributed by atoms with Crippen molar-refractivity contribution in [1.82, 2.24) is 20.0 Å². The number of aromatic nitrogens is 2. The topological polar surface area (TPSA) is 42.3 Å². The quantitative estimate of drug-likeness (QED) is 0.825. The lowest BCUT2D eigenvalue weighted by Crippen LogP contribution is -2.48. The highest BCUT2D eigenvalue weighted by Gasteiger charge is 2.30. The van der Waals surface area contributed by atoms with Crippen LogP contribution in [0.5, 0.6) is 0 Å². The summed E-state index contributed by atoms with van der Waals surface area (Å²) in [4.78, 5) is 2.46. The number of likely N-dealkylation sites (N-methyl/N-ethyl adjacent to an activating group) is 2. The van der Waals surface area contributed by atoms with Gasteiger partial charge in [0, 0.05) is 25.8 Å². The summed E-state index contributed by atoms with van der Waals surface area (Å²) < 4.78 is 8.15. The Morgan fingerprint density at radius 3 is 3.00 bits per heavy atom. The van der Waals surface area contributed by atoms with E-state index in [-0.39, 0.29) is 12.1 Å². The average Bonchev–Trinajstić information content (AvgIpc) is 2.93. The Morgan fingerprint density at radius 1 is 1.45 bits per heavy atom. The van der Waals surface area contributed by atoms with Gasteiger partial charge in [-0.25, -0.2) is 0 Å². The summed E-state index contributed by atoms with van der Waals surface area (Å²) in [7, 11) is 0. The number of nitrogens with one attached hydrogen (secondary N) is 1. The fraction of sp³-hybridized carbons (Fsp3) is 0.800. The molecule has 0 aliphatic carbocycles.